The maximum absolute atomic E-state index is 6.05. The topological polar surface area (TPSA) is 12.0 Å². The maximum Gasteiger partial charge on any atom is 0.0579 e. The minimum atomic E-state index is 0.206. The first kappa shape index (κ1) is 14.1. The van der Waals surface area contributed by atoms with Crippen molar-refractivity contribution in [3.05, 3.63) is 69.2 Å². The molecule has 2 aromatic rings. The molecule has 1 nitrogen and oxygen atoms in total. The van der Waals surface area contributed by atoms with Crippen molar-refractivity contribution in [1.82, 2.24) is 5.32 Å². The number of aryl methyl sites for hydroxylation is 2. The van der Waals surface area contributed by atoms with Gasteiger partial charge in [0.25, 0.3) is 0 Å². The summed E-state index contributed by atoms with van der Waals surface area (Å²) in [5, 5.41) is 4.21. The summed E-state index contributed by atoms with van der Waals surface area (Å²) in [6.45, 7) is 6.44. The lowest BCUT2D eigenvalue weighted by atomic mass is 9.90. The van der Waals surface area contributed by atoms with Crippen molar-refractivity contribution >= 4 is 11.6 Å². The molecule has 1 atom stereocenters. The molecule has 0 fully saturated rings. The highest BCUT2D eigenvalue weighted by Crippen LogP contribution is 2.29. The van der Waals surface area contributed by atoms with Crippen LogP contribution in [0.25, 0.3) is 0 Å². The van der Waals surface area contributed by atoms with Gasteiger partial charge in [-0.1, -0.05) is 35.9 Å². The molecule has 100 valence electrons. The van der Waals surface area contributed by atoms with Gasteiger partial charge in [0, 0.05) is 5.02 Å². The fraction of sp³-hybridized carbons (Fsp3) is 0.294. The van der Waals surface area contributed by atoms with E-state index in [1.54, 1.807) is 0 Å². The summed E-state index contributed by atoms with van der Waals surface area (Å²) in [6, 6.07) is 12.8. The molecular formula is C17H20ClN. The zero-order valence-electron chi connectivity index (χ0n) is 11.9. The molecule has 0 heterocycles. The van der Waals surface area contributed by atoms with Crippen LogP contribution in [0.3, 0.4) is 0 Å². The second-order valence-electron chi connectivity index (χ2n) is 5.01. The SMILES string of the molecule is CNC(c1ccc(Cl)cc1C)c1cccc(C)c1C. The standard InChI is InChI=1S/C17H20ClN/c1-11-6-5-7-16(13(11)3)17(19-4)15-9-8-14(18)10-12(15)2/h5-10,17,19H,1-4H3. The highest BCUT2D eigenvalue weighted by Gasteiger charge is 2.16. The van der Waals surface area contributed by atoms with E-state index >= 15 is 0 Å². The lowest BCUT2D eigenvalue weighted by molar-refractivity contribution is 0.682. The number of rotatable bonds is 3. The van der Waals surface area contributed by atoms with Crippen LogP contribution in [0.4, 0.5) is 0 Å². The van der Waals surface area contributed by atoms with E-state index in [4.69, 9.17) is 11.6 Å². The minimum absolute atomic E-state index is 0.206. The third-order valence-electron chi connectivity index (χ3n) is 3.79. The van der Waals surface area contributed by atoms with E-state index in [1.165, 1.54) is 27.8 Å². The second-order valence-corrected chi connectivity index (χ2v) is 5.45. The second kappa shape index (κ2) is 5.77. The zero-order chi connectivity index (χ0) is 14.0. The van der Waals surface area contributed by atoms with E-state index in [9.17, 15) is 0 Å². The van der Waals surface area contributed by atoms with Crippen LogP contribution in [0.15, 0.2) is 36.4 Å². The number of halogens is 1. The van der Waals surface area contributed by atoms with Gasteiger partial charge in [-0.05, 0) is 67.8 Å². The lowest BCUT2D eigenvalue weighted by Gasteiger charge is -2.22. The van der Waals surface area contributed by atoms with Gasteiger partial charge in [0.05, 0.1) is 6.04 Å². The third-order valence-corrected chi connectivity index (χ3v) is 4.02. The summed E-state index contributed by atoms with van der Waals surface area (Å²) in [5.74, 6) is 0. The molecule has 0 radical (unpaired) electrons. The molecule has 0 saturated heterocycles. The molecule has 0 aliphatic heterocycles. The van der Waals surface area contributed by atoms with Gasteiger partial charge in [0.1, 0.15) is 0 Å². The summed E-state index contributed by atoms with van der Waals surface area (Å²) in [6.07, 6.45) is 0. The Bertz CT molecular complexity index is 590. The van der Waals surface area contributed by atoms with Crippen molar-refractivity contribution in [3.8, 4) is 0 Å². The molecule has 0 amide bonds. The average Bonchev–Trinajstić information content (AvgIpc) is 2.37. The smallest absolute Gasteiger partial charge is 0.0579 e. The predicted octanol–water partition coefficient (Wildman–Crippen LogP) is 4.57. The molecule has 0 spiro atoms. The molecule has 0 aliphatic rings. The largest absolute Gasteiger partial charge is 0.309 e. The Balaban J connectivity index is 2.53. The van der Waals surface area contributed by atoms with Crippen LogP contribution >= 0.6 is 11.6 Å². The molecule has 2 aromatic carbocycles. The third kappa shape index (κ3) is 2.83. The summed E-state index contributed by atoms with van der Waals surface area (Å²) >= 11 is 6.05. The summed E-state index contributed by atoms with van der Waals surface area (Å²) in [4.78, 5) is 0. The highest BCUT2D eigenvalue weighted by atomic mass is 35.5. The van der Waals surface area contributed by atoms with Crippen LogP contribution in [0.1, 0.15) is 33.9 Å². The van der Waals surface area contributed by atoms with Crippen molar-refractivity contribution < 1.29 is 0 Å². The van der Waals surface area contributed by atoms with E-state index in [0.717, 1.165) is 5.02 Å². The van der Waals surface area contributed by atoms with E-state index in [2.05, 4.69) is 50.4 Å². The van der Waals surface area contributed by atoms with Crippen LogP contribution in [0, 0.1) is 20.8 Å². The van der Waals surface area contributed by atoms with E-state index in [-0.39, 0.29) is 6.04 Å². The van der Waals surface area contributed by atoms with E-state index < -0.39 is 0 Å². The monoisotopic (exact) mass is 273 g/mol. The number of hydrogen-bond acceptors (Lipinski definition) is 1. The van der Waals surface area contributed by atoms with Gasteiger partial charge in [0.2, 0.25) is 0 Å². The molecule has 0 bridgehead atoms. The van der Waals surface area contributed by atoms with E-state index in [0.29, 0.717) is 0 Å². The molecule has 1 unspecified atom stereocenters. The summed E-state index contributed by atoms with van der Waals surface area (Å²) < 4.78 is 0. The van der Waals surface area contributed by atoms with Crippen LogP contribution < -0.4 is 5.32 Å². The van der Waals surface area contributed by atoms with Crippen molar-refractivity contribution in [2.24, 2.45) is 0 Å². The quantitative estimate of drug-likeness (QED) is 0.863. The molecule has 19 heavy (non-hydrogen) atoms. The summed E-state index contributed by atoms with van der Waals surface area (Å²) in [5.41, 5.74) is 6.49. The Morgan fingerprint density at radius 1 is 0.947 bits per heavy atom. The van der Waals surface area contributed by atoms with Gasteiger partial charge in [-0.15, -0.1) is 0 Å². The van der Waals surface area contributed by atoms with Crippen LogP contribution in [-0.4, -0.2) is 7.05 Å². The zero-order valence-corrected chi connectivity index (χ0v) is 12.7. The first-order valence-corrected chi connectivity index (χ1v) is 6.92. The van der Waals surface area contributed by atoms with Crippen LogP contribution in [0.2, 0.25) is 5.02 Å². The van der Waals surface area contributed by atoms with Crippen molar-refractivity contribution in [3.63, 3.8) is 0 Å². The predicted molar refractivity (Wildman–Crippen MR) is 83.0 cm³/mol. The van der Waals surface area contributed by atoms with Crippen molar-refractivity contribution in [1.29, 1.82) is 0 Å². The number of hydrogen-bond donors (Lipinski definition) is 1. The molecule has 0 aliphatic carbocycles. The Kier molecular flexibility index (Phi) is 4.28. The van der Waals surface area contributed by atoms with Gasteiger partial charge in [-0.25, -0.2) is 0 Å². The Morgan fingerprint density at radius 3 is 2.32 bits per heavy atom. The van der Waals surface area contributed by atoms with Gasteiger partial charge < -0.3 is 5.32 Å². The molecule has 2 heteroatoms. The van der Waals surface area contributed by atoms with Crippen LogP contribution in [0.5, 0.6) is 0 Å². The first-order chi connectivity index (χ1) is 9.04. The highest BCUT2D eigenvalue weighted by molar-refractivity contribution is 6.30. The lowest BCUT2D eigenvalue weighted by Crippen LogP contribution is -2.20. The minimum Gasteiger partial charge on any atom is -0.309 e. The van der Waals surface area contributed by atoms with Gasteiger partial charge in [0.15, 0.2) is 0 Å². The van der Waals surface area contributed by atoms with E-state index in [1.807, 2.05) is 19.2 Å². The molecule has 0 aromatic heterocycles. The van der Waals surface area contributed by atoms with Crippen LogP contribution in [-0.2, 0) is 0 Å². The normalized spacial score (nSPS) is 12.5. The first-order valence-electron chi connectivity index (χ1n) is 6.54. The maximum atomic E-state index is 6.05. The Morgan fingerprint density at radius 2 is 1.68 bits per heavy atom. The van der Waals surface area contributed by atoms with Gasteiger partial charge >= 0.3 is 0 Å². The fourth-order valence-corrected chi connectivity index (χ4v) is 2.75. The van der Waals surface area contributed by atoms with Crippen molar-refractivity contribution in [2.75, 3.05) is 7.05 Å². The molecule has 1 N–H and O–H groups in total. The fourth-order valence-electron chi connectivity index (χ4n) is 2.53. The molecule has 0 saturated carbocycles. The number of nitrogens with one attached hydrogen (secondary N) is 1. The Labute approximate surface area is 120 Å². The molecular weight excluding hydrogens is 254 g/mol. The van der Waals surface area contributed by atoms with Crippen molar-refractivity contribution in [2.45, 2.75) is 26.8 Å². The summed E-state index contributed by atoms with van der Waals surface area (Å²) in [7, 11) is 2.00. The van der Waals surface area contributed by atoms with Gasteiger partial charge in [-0.2, -0.15) is 0 Å². The van der Waals surface area contributed by atoms with Gasteiger partial charge in [-0.3, -0.25) is 0 Å². The number of benzene rings is 2. The average molecular weight is 274 g/mol. The molecule has 2 rings (SSSR count). The Hall–Kier alpha value is -1.31.